The van der Waals surface area contributed by atoms with Crippen molar-refractivity contribution in [1.82, 2.24) is 4.98 Å². The van der Waals surface area contributed by atoms with E-state index in [0.717, 1.165) is 17.1 Å². The molecule has 0 radical (unpaired) electrons. The van der Waals surface area contributed by atoms with E-state index in [1.807, 2.05) is 26.0 Å². The van der Waals surface area contributed by atoms with Crippen LogP contribution in [0.15, 0.2) is 12.1 Å². The Morgan fingerprint density at radius 1 is 1.27 bits per heavy atom. The maximum atomic E-state index is 5.21. The van der Waals surface area contributed by atoms with Crippen molar-refractivity contribution >= 4 is 18.1 Å². The normalized spacial score (nSPS) is 8.64. The molecule has 0 amide bonds. The lowest BCUT2D eigenvalue weighted by atomic mass is 10.3. The number of hydrogen-bond acceptors (Lipinski definition) is 3. The van der Waals surface area contributed by atoms with Crippen molar-refractivity contribution in [2.24, 2.45) is 5.84 Å². The summed E-state index contributed by atoms with van der Waals surface area (Å²) in [6, 6.07) is 3.79. The molecule has 0 aromatic carbocycles. The maximum Gasteiger partial charge on any atom is 0.0521 e. The minimum Gasteiger partial charge on any atom is -0.324 e. The van der Waals surface area contributed by atoms with Gasteiger partial charge in [-0.15, -0.1) is 12.4 Å². The molecule has 62 valence electrons. The number of anilines is 1. The number of hydrogen-bond donors (Lipinski definition) is 2. The second-order valence-electron chi connectivity index (χ2n) is 2.28. The number of nitrogens with one attached hydrogen (secondary N) is 1. The first-order valence-corrected chi connectivity index (χ1v) is 3.14. The number of pyridine rings is 1. The lowest BCUT2D eigenvalue weighted by Gasteiger charge is -2.01. The molecule has 3 N–H and O–H groups in total. The van der Waals surface area contributed by atoms with Gasteiger partial charge in [0.25, 0.3) is 0 Å². The Labute approximate surface area is 72.4 Å². The topological polar surface area (TPSA) is 50.9 Å². The van der Waals surface area contributed by atoms with E-state index in [0.29, 0.717) is 0 Å². The third-order valence-electron chi connectivity index (χ3n) is 1.25. The van der Waals surface area contributed by atoms with Gasteiger partial charge >= 0.3 is 0 Å². The average molecular weight is 174 g/mol. The van der Waals surface area contributed by atoms with Crippen LogP contribution in [-0.4, -0.2) is 4.98 Å². The summed E-state index contributed by atoms with van der Waals surface area (Å²) in [4.78, 5) is 4.19. The molecular weight excluding hydrogens is 162 g/mol. The second-order valence-corrected chi connectivity index (χ2v) is 2.28. The van der Waals surface area contributed by atoms with Crippen LogP contribution in [0.5, 0.6) is 0 Å². The summed E-state index contributed by atoms with van der Waals surface area (Å²) < 4.78 is 0. The van der Waals surface area contributed by atoms with E-state index in [4.69, 9.17) is 5.84 Å². The van der Waals surface area contributed by atoms with E-state index in [-0.39, 0.29) is 12.4 Å². The highest BCUT2D eigenvalue weighted by Gasteiger charge is 1.92. The van der Waals surface area contributed by atoms with Gasteiger partial charge in [-0.1, -0.05) is 0 Å². The van der Waals surface area contributed by atoms with E-state index in [1.165, 1.54) is 0 Å². The highest BCUT2D eigenvalue weighted by Crippen LogP contribution is 2.07. The van der Waals surface area contributed by atoms with Crippen LogP contribution >= 0.6 is 12.4 Å². The standard InChI is InChI=1S/C7H11N3.ClH/c1-5-3-7(10-8)4-6(2)9-5;/h3-4H,8H2,1-2H3,(H,9,10);1H. The fraction of sp³-hybridized carbons (Fsp3) is 0.286. The molecule has 0 spiro atoms. The number of rotatable bonds is 1. The molecule has 1 aromatic rings. The van der Waals surface area contributed by atoms with Crippen LogP contribution < -0.4 is 11.3 Å². The van der Waals surface area contributed by atoms with Crippen molar-refractivity contribution in [2.45, 2.75) is 13.8 Å². The average Bonchev–Trinajstić information content (AvgIpc) is 1.85. The van der Waals surface area contributed by atoms with E-state index < -0.39 is 0 Å². The summed E-state index contributed by atoms with van der Waals surface area (Å²) >= 11 is 0. The monoisotopic (exact) mass is 173 g/mol. The number of aryl methyl sites for hydroxylation is 2. The largest absolute Gasteiger partial charge is 0.324 e. The molecule has 0 aliphatic carbocycles. The zero-order valence-electron chi connectivity index (χ0n) is 6.59. The quantitative estimate of drug-likeness (QED) is 0.499. The van der Waals surface area contributed by atoms with E-state index >= 15 is 0 Å². The van der Waals surface area contributed by atoms with Gasteiger partial charge in [0.2, 0.25) is 0 Å². The molecule has 1 heterocycles. The first-order chi connectivity index (χ1) is 4.72. The van der Waals surface area contributed by atoms with Gasteiger partial charge in [0, 0.05) is 11.4 Å². The molecule has 1 aromatic heterocycles. The Hall–Kier alpha value is -0.800. The molecule has 3 nitrogen and oxygen atoms in total. The highest BCUT2D eigenvalue weighted by atomic mass is 35.5. The SMILES string of the molecule is Cc1cc(NN)cc(C)n1.Cl. The molecule has 0 aliphatic rings. The number of nitrogens with two attached hydrogens (primary N) is 1. The number of nitrogen functional groups attached to an aromatic ring is 1. The summed E-state index contributed by atoms with van der Waals surface area (Å²) in [6.07, 6.45) is 0. The Bertz CT molecular complexity index is 217. The molecule has 0 saturated carbocycles. The fourth-order valence-corrected chi connectivity index (χ4v) is 0.918. The number of halogens is 1. The zero-order valence-corrected chi connectivity index (χ0v) is 7.40. The smallest absolute Gasteiger partial charge is 0.0521 e. The molecular formula is C7H12ClN3. The zero-order chi connectivity index (χ0) is 7.56. The summed E-state index contributed by atoms with van der Waals surface area (Å²) in [5.74, 6) is 5.21. The van der Waals surface area contributed by atoms with Crippen molar-refractivity contribution in [2.75, 3.05) is 5.43 Å². The van der Waals surface area contributed by atoms with Gasteiger partial charge in [0.1, 0.15) is 0 Å². The predicted octanol–water partition coefficient (Wildman–Crippen LogP) is 1.41. The molecule has 0 atom stereocenters. The lowest BCUT2D eigenvalue weighted by Crippen LogP contribution is -2.07. The molecule has 11 heavy (non-hydrogen) atoms. The Balaban J connectivity index is 0.000001000. The summed E-state index contributed by atoms with van der Waals surface area (Å²) in [6.45, 7) is 3.88. The number of nitrogens with zero attached hydrogens (tertiary/aromatic N) is 1. The van der Waals surface area contributed by atoms with Crippen LogP contribution in [0.25, 0.3) is 0 Å². The minimum absolute atomic E-state index is 0. The minimum atomic E-state index is 0. The molecule has 0 aliphatic heterocycles. The number of aromatic nitrogens is 1. The van der Waals surface area contributed by atoms with Gasteiger partial charge < -0.3 is 5.43 Å². The van der Waals surface area contributed by atoms with Crippen LogP contribution in [0.2, 0.25) is 0 Å². The third kappa shape index (κ3) is 2.74. The third-order valence-corrected chi connectivity index (χ3v) is 1.25. The summed E-state index contributed by atoms with van der Waals surface area (Å²) in [5.41, 5.74) is 5.44. The highest BCUT2D eigenvalue weighted by molar-refractivity contribution is 5.85. The van der Waals surface area contributed by atoms with Crippen molar-refractivity contribution in [1.29, 1.82) is 0 Å². The summed E-state index contributed by atoms with van der Waals surface area (Å²) in [5, 5.41) is 0. The fourth-order valence-electron chi connectivity index (χ4n) is 0.918. The molecule has 1 rings (SSSR count). The van der Waals surface area contributed by atoms with E-state index in [2.05, 4.69) is 10.4 Å². The summed E-state index contributed by atoms with van der Waals surface area (Å²) in [7, 11) is 0. The van der Waals surface area contributed by atoms with Crippen LogP contribution in [0.3, 0.4) is 0 Å². The van der Waals surface area contributed by atoms with Crippen molar-refractivity contribution < 1.29 is 0 Å². The molecule has 4 heteroatoms. The van der Waals surface area contributed by atoms with Crippen molar-refractivity contribution in [3.05, 3.63) is 23.5 Å². The maximum absolute atomic E-state index is 5.21. The first-order valence-electron chi connectivity index (χ1n) is 3.14. The molecule has 0 unspecified atom stereocenters. The van der Waals surface area contributed by atoms with E-state index in [1.54, 1.807) is 0 Å². The van der Waals surface area contributed by atoms with Crippen LogP contribution in [-0.2, 0) is 0 Å². The Morgan fingerprint density at radius 3 is 2.09 bits per heavy atom. The van der Waals surface area contributed by atoms with Crippen molar-refractivity contribution in [3.8, 4) is 0 Å². The number of hydrazine groups is 1. The van der Waals surface area contributed by atoms with Crippen LogP contribution in [0.4, 0.5) is 5.69 Å². The molecule has 0 saturated heterocycles. The van der Waals surface area contributed by atoms with Crippen LogP contribution in [0, 0.1) is 13.8 Å². The van der Waals surface area contributed by atoms with Gasteiger partial charge in [-0.05, 0) is 26.0 Å². The molecule has 0 bridgehead atoms. The Morgan fingerprint density at radius 2 is 1.73 bits per heavy atom. The second kappa shape index (κ2) is 4.16. The van der Waals surface area contributed by atoms with Crippen LogP contribution in [0.1, 0.15) is 11.4 Å². The Kier molecular flexibility index (Phi) is 3.85. The van der Waals surface area contributed by atoms with Gasteiger partial charge in [-0.25, -0.2) is 0 Å². The lowest BCUT2D eigenvalue weighted by molar-refractivity contribution is 1.12. The van der Waals surface area contributed by atoms with Gasteiger partial charge in [0.15, 0.2) is 0 Å². The van der Waals surface area contributed by atoms with E-state index in [9.17, 15) is 0 Å². The van der Waals surface area contributed by atoms with Gasteiger partial charge in [-0.3, -0.25) is 10.8 Å². The van der Waals surface area contributed by atoms with Gasteiger partial charge in [0.05, 0.1) is 5.69 Å². The molecule has 0 fully saturated rings. The first kappa shape index (κ1) is 10.2. The van der Waals surface area contributed by atoms with Gasteiger partial charge in [-0.2, -0.15) is 0 Å². The predicted molar refractivity (Wildman–Crippen MR) is 48.8 cm³/mol. The van der Waals surface area contributed by atoms with Crippen molar-refractivity contribution in [3.63, 3.8) is 0 Å².